The summed E-state index contributed by atoms with van der Waals surface area (Å²) in [6, 6.07) is 17.9. The predicted octanol–water partition coefficient (Wildman–Crippen LogP) is 3.90. The van der Waals surface area contributed by atoms with Crippen LogP contribution in [0.5, 0.6) is 5.75 Å². The lowest BCUT2D eigenvalue weighted by molar-refractivity contribution is -0.156. The minimum atomic E-state index is -0.629. The highest BCUT2D eigenvalue weighted by molar-refractivity contribution is 5.77. The average Bonchev–Trinajstić information content (AvgIpc) is 3.07. The number of hydrogen-bond donors (Lipinski definition) is 0. The highest BCUT2D eigenvalue weighted by Crippen LogP contribution is 2.21. The Labute approximate surface area is 196 Å². The van der Waals surface area contributed by atoms with E-state index in [1.54, 1.807) is 4.90 Å². The molecular formula is C26H34N2O5. The third-order valence-electron chi connectivity index (χ3n) is 5.73. The van der Waals surface area contributed by atoms with Crippen LogP contribution in [0.2, 0.25) is 0 Å². The number of esters is 1. The molecule has 0 N–H and O–H groups in total. The van der Waals surface area contributed by atoms with E-state index in [9.17, 15) is 9.59 Å². The molecule has 2 aromatic rings. The summed E-state index contributed by atoms with van der Waals surface area (Å²) in [6.45, 7) is 5.61. The maximum absolute atomic E-state index is 12.6. The maximum atomic E-state index is 12.6. The van der Waals surface area contributed by atoms with Crippen molar-refractivity contribution in [2.75, 3.05) is 27.3 Å². The van der Waals surface area contributed by atoms with Crippen molar-refractivity contribution in [1.82, 2.24) is 9.80 Å². The van der Waals surface area contributed by atoms with Gasteiger partial charge in [0.1, 0.15) is 5.75 Å². The van der Waals surface area contributed by atoms with Crippen LogP contribution in [0.1, 0.15) is 31.4 Å². The summed E-state index contributed by atoms with van der Waals surface area (Å²) in [6.07, 6.45) is 0.496. The summed E-state index contributed by atoms with van der Waals surface area (Å²) in [4.78, 5) is 28.2. The molecular weight excluding hydrogens is 420 g/mol. The highest BCUT2D eigenvalue weighted by atomic mass is 16.6. The van der Waals surface area contributed by atoms with Crippen molar-refractivity contribution >= 4 is 12.0 Å². The Morgan fingerprint density at radius 1 is 1.06 bits per heavy atom. The first-order valence-electron chi connectivity index (χ1n) is 11.4. The SMILES string of the molecule is COC(=O)[C@H](Cc1ccc(OCC[C@H]2CN(Cc3ccccc3)C(=O)N2C)cc1)OC(C)C. The third kappa shape index (κ3) is 6.96. The van der Waals surface area contributed by atoms with Crippen LogP contribution in [0.25, 0.3) is 0 Å². The number of carbonyl (C=O) groups is 2. The van der Waals surface area contributed by atoms with Crippen LogP contribution >= 0.6 is 0 Å². The van der Waals surface area contributed by atoms with Crippen LogP contribution in [-0.4, -0.2) is 67.4 Å². The monoisotopic (exact) mass is 454 g/mol. The normalized spacial score (nSPS) is 16.9. The van der Waals surface area contributed by atoms with E-state index in [-0.39, 0.29) is 24.1 Å². The van der Waals surface area contributed by atoms with Gasteiger partial charge in [0.05, 0.1) is 25.9 Å². The molecule has 178 valence electrons. The van der Waals surface area contributed by atoms with Crippen molar-refractivity contribution in [3.8, 4) is 5.75 Å². The molecule has 0 spiro atoms. The number of amides is 2. The van der Waals surface area contributed by atoms with Crippen LogP contribution < -0.4 is 4.74 Å². The van der Waals surface area contributed by atoms with Crippen molar-refractivity contribution in [2.45, 2.75) is 51.5 Å². The Hall–Kier alpha value is -3.06. The van der Waals surface area contributed by atoms with Crippen LogP contribution in [0.3, 0.4) is 0 Å². The zero-order valence-electron chi connectivity index (χ0n) is 19.9. The highest BCUT2D eigenvalue weighted by Gasteiger charge is 2.34. The van der Waals surface area contributed by atoms with Crippen molar-refractivity contribution in [3.63, 3.8) is 0 Å². The second kappa shape index (κ2) is 11.7. The summed E-state index contributed by atoms with van der Waals surface area (Å²) < 4.78 is 16.4. The molecule has 3 rings (SSSR count). The van der Waals surface area contributed by atoms with E-state index in [0.29, 0.717) is 26.1 Å². The number of likely N-dealkylation sites (N-methyl/N-ethyl adjacent to an activating group) is 1. The van der Waals surface area contributed by atoms with Gasteiger partial charge in [-0.05, 0) is 37.1 Å². The smallest absolute Gasteiger partial charge is 0.335 e. The quantitative estimate of drug-likeness (QED) is 0.482. The summed E-state index contributed by atoms with van der Waals surface area (Å²) in [5.41, 5.74) is 2.10. The second-order valence-corrected chi connectivity index (χ2v) is 8.60. The Balaban J connectivity index is 1.47. The number of nitrogens with zero attached hydrogens (tertiary/aromatic N) is 2. The van der Waals surface area contributed by atoms with Crippen molar-refractivity contribution in [1.29, 1.82) is 0 Å². The first kappa shape index (κ1) is 24.6. The van der Waals surface area contributed by atoms with Crippen molar-refractivity contribution < 1.29 is 23.8 Å². The van der Waals surface area contributed by atoms with E-state index in [0.717, 1.165) is 23.3 Å². The van der Waals surface area contributed by atoms with Crippen LogP contribution in [0.15, 0.2) is 54.6 Å². The molecule has 2 atom stereocenters. The van der Waals surface area contributed by atoms with Crippen LogP contribution in [0, 0.1) is 0 Å². The largest absolute Gasteiger partial charge is 0.494 e. The molecule has 1 aliphatic rings. The van der Waals surface area contributed by atoms with E-state index in [2.05, 4.69) is 0 Å². The average molecular weight is 455 g/mol. The van der Waals surface area contributed by atoms with Gasteiger partial charge in [0, 0.05) is 33.0 Å². The summed E-state index contributed by atoms with van der Waals surface area (Å²) in [5, 5.41) is 0. The van der Waals surface area contributed by atoms with Gasteiger partial charge in [-0.1, -0.05) is 42.5 Å². The molecule has 1 aliphatic heterocycles. The first-order valence-corrected chi connectivity index (χ1v) is 11.4. The van der Waals surface area contributed by atoms with Gasteiger partial charge < -0.3 is 24.0 Å². The Kier molecular flexibility index (Phi) is 8.72. The number of carbonyl (C=O) groups excluding carboxylic acids is 2. The molecule has 1 fully saturated rings. The number of rotatable bonds is 11. The van der Waals surface area contributed by atoms with Gasteiger partial charge in [-0.15, -0.1) is 0 Å². The van der Waals surface area contributed by atoms with Crippen LogP contribution in [0.4, 0.5) is 4.79 Å². The molecule has 2 amide bonds. The van der Waals surface area contributed by atoms with E-state index >= 15 is 0 Å². The van der Waals surface area contributed by atoms with Crippen LogP contribution in [-0.2, 0) is 27.2 Å². The summed E-state index contributed by atoms with van der Waals surface area (Å²) >= 11 is 0. The lowest BCUT2D eigenvalue weighted by atomic mass is 10.1. The van der Waals surface area contributed by atoms with Gasteiger partial charge in [-0.2, -0.15) is 0 Å². The molecule has 0 aromatic heterocycles. The zero-order valence-corrected chi connectivity index (χ0v) is 19.9. The van der Waals surface area contributed by atoms with Gasteiger partial charge in [-0.25, -0.2) is 9.59 Å². The molecule has 1 heterocycles. The standard InChI is InChI=1S/C26H34N2O5/c1-19(2)33-24(25(29)31-4)16-20-10-12-23(13-11-20)32-15-14-22-18-28(26(30)27(22)3)17-21-8-6-5-7-9-21/h5-13,19,22,24H,14-18H2,1-4H3/t22-,24-/m0/s1. The van der Waals surface area contributed by atoms with Gasteiger partial charge in [0.15, 0.2) is 6.10 Å². The predicted molar refractivity (Wildman–Crippen MR) is 126 cm³/mol. The van der Waals surface area contributed by atoms with Gasteiger partial charge in [0.2, 0.25) is 0 Å². The maximum Gasteiger partial charge on any atom is 0.335 e. The molecule has 0 saturated carbocycles. The molecule has 0 bridgehead atoms. The minimum absolute atomic E-state index is 0.0528. The van der Waals surface area contributed by atoms with Gasteiger partial charge >= 0.3 is 12.0 Å². The fourth-order valence-corrected chi connectivity index (χ4v) is 3.95. The Bertz CT molecular complexity index is 901. The number of benzene rings is 2. The number of methoxy groups -OCH3 is 1. The zero-order chi connectivity index (χ0) is 23.8. The number of ether oxygens (including phenoxy) is 3. The topological polar surface area (TPSA) is 68.3 Å². The van der Waals surface area contributed by atoms with Crippen molar-refractivity contribution in [3.05, 3.63) is 65.7 Å². The molecule has 0 unspecified atom stereocenters. The number of urea groups is 1. The van der Waals surface area contributed by atoms with Gasteiger partial charge in [0.25, 0.3) is 0 Å². The van der Waals surface area contributed by atoms with E-state index in [1.807, 2.05) is 80.4 Å². The third-order valence-corrected chi connectivity index (χ3v) is 5.73. The number of hydrogen-bond acceptors (Lipinski definition) is 5. The fourth-order valence-electron chi connectivity index (χ4n) is 3.95. The molecule has 1 saturated heterocycles. The minimum Gasteiger partial charge on any atom is -0.494 e. The van der Waals surface area contributed by atoms with Crippen molar-refractivity contribution in [2.24, 2.45) is 0 Å². The lowest BCUT2D eigenvalue weighted by Crippen LogP contribution is -2.31. The molecule has 7 nitrogen and oxygen atoms in total. The second-order valence-electron chi connectivity index (χ2n) is 8.60. The van der Waals surface area contributed by atoms with Gasteiger partial charge in [-0.3, -0.25) is 0 Å². The van der Waals surface area contributed by atoms with E-state index in [1.165, 1.54) is 7.11 Å². The Morgan fingerprint density at radius 2 is 1.76 bits per heavy atom. The lowest BCUT2D eigenvalue weighted by Gasteiger charge is -2.19. The molecule has 7 heteroatoms. The first-order chi connectivity index (χ1) is 15.9. The van der Waals surface area contributed by atoms with E-state index < -0.39 is 6.10 Å². The summed E-state index contributed by atoms with van der Waals surface area (Å²) in [5.74, 6) is 0.381. The summed E-state index contributed by atoms with van der Waals surface area (Å²) in [7, 11) is 3.22. The Morgan fingerprint density at radius 3 is 2.39 bits per heavy atom. The molecule has 2 aromatic carbocycles. The molecule has 0 aliphatic carbocycles. The van der Waals surface area contributed by atoms with E-state index in [4.69, 9.17) is 14.2 Å². The molecule has 33 heavy (non-hydrogen) atoms. The fraction of sp³-hybridized carbons (Fsp3) is 0.462. The molecule has 0 radical (unpaired) electrons.